The number of aromatic nitrogens is 1. The van der Waals surface area contributed by atoms with Crippen LogP contribution in [-0.2, 0) is 6.54 Å². The van der Waals surface area contributed by atoms with E-state index in [1.165, 1.54) is 12.1 Å². The number of pyridine rings is 1. The molecule has 0 saturated heterocycles. The number of nitrogens with two attached hydrogens (primary N) is 1. The molecule has 104 valence electrons. The highest BCUT2D eigenvalue weighted by atomic mass is 35.5. The van der Waals surface area contributed by atoms with E-state index in [1.807, 2.05) is 0 Å². The van der Waals surface area contributed by atoms with Gasteiger partial charge in [-0.2, -0.15) is 0 Å². The molecule has 0 amide bonds. The molecule has 5 nitrogen and oxygen atoms in total. The van der Waals surface area contributed by atoms with Gasteiger partial charge in [-0.1, -0.05) is 16.8 Å². The van der Waals surface area contributed by atoms with E-state index in [0.29, 0.717) is 22.9 Å². The highest BCUT2D eigenvalue weighted by Crippen LogP contribution is 2.22. The maximum atomic E-state index is 12.9. The topological polar surface area (TPSA) is 83.5 Å². The lowest BCUT2D eigenvalue weighted by Crippen LogP contribution is -2.15. The summed E-state index contributed by atoms with van der Waals surface area (Å²) in [5.41, 5.74) is 7.32. The van der Waals surface area contributed by atoms with Crippen molar-refractivity contribution in [1.29, 1.82) is 0 Å². The van der Waals surface area contributed by atoms with E-state index < -0.39 is 5.82 Å². The standard InChI is InChI=1S/C13H12ClFN4O/c14-10-6-9(15)1-2-11(10)18-7-8-3-4-17-12(5-8)13(16)19-20/h1-6,18,20H,7H2,(H2,16,19). The number of hydrogen-bond acceptors (Lipinski definition) is 4. The van der Waals surface area contributed by atoms with Crippen LogP contribution in [0.1, 0.15) is 11.3 Å². The fourth-order valence-electron chi connectivity index (χ4n) is 1.61. The lowest BCUT2D eigenvalue weighted by Gasteiger charge is -2.09. The first kappa shape index (κ1) is 14.1. The van der Waals surface area contributed by atoms with Crippen molar-refractivity contribution in [3.8, 4) is 0 Å². The summed E-state index contributed by atoms with van der Waals surface area (Å²) < 4.78 is 12.9. The Morgan fingerprint density at radius 2 is 2.20 bits per heavy atom. The van der Waals surface area contributed by atoms with Gasteiger partial charge in [0.15, 0.2) is 5.84 Å². The maximum absolute atomic E-state index is 12.9. The number of amidine groups is 1. The number of benzene rings is 1. The van der Waals surface area contributed by atoms with E-state index in [-0.39, 0.29) is 5.84 Å². The Labute approximate surface area is 119 Å². The van der Waals surface area contributed by atoms with Crippen LogP contribution >= 0.6 is 11.6 Å². The minimum atomic E-state index is -0.390. The first-order valence-electron chi connectivity index (χ1n) is 5.72. The molecule has 20 heavy (non-hydrogen) atoms. The van der Waals surface area contributed by atoms with Crippen LogP contribution in [0.4, 0.5) is 10.1 Å². The Bertz CT molecular complexity index is 648. The molecule has 0 fully saturated rings. The lowest BCUT2D eigenvalue weighted by atomic mass is 10.2. The normalized spacial score (nSPS) is 11.4. The summed E-state index contributed by atoms with van der Waals surface area (Å²) in [6, 6.07) is 7.57. The lowest BCUT2D eigenvalue weighted by molar-refractivity contribution is 0.318. The van der Waals surface area contributed by atoms with Crippen molar-refractivity contribution < 1.29 is 9.60 Å². The average molecular weight is 295 g/mol. The second-order valence-corrected chi connectivity index (χ2v) is 4.42. The second-order valence-electron chi connectivity index (χ2n) is 4.01. The second kappa shape index (κ2) is 6.21. The van der Waals surface area contributed by atoms with Gasteiger partial charge in [-0.25, -0.2) is 4.39 Å². The predicted molar refractivity (Wildman–Crippen MR) is 75.5 cm³/mol. The molecule has 0 saturated carbocycles. The Morgan fingerprint density at radius 3 is 2.90 bits per heavy atom. The van der Waals surface area contributed by atoms with E-state index in [0.717, 1.165) is 5.56 Å². The molecule has 2 aromatic rings. The summed E-state index contributed by atoms with van der Waals surface area (Å²) in [5, 5.41) is 14.9. The molecule has 0 radical (unpaired) electrons. The Kier molecular flexibility index (Phi) is 4.37. The van der Waals surface area contributed by atoms with E-state index in [4.69, 9.17) is 22.5 Å². The number of anilines is 1. The largest absolute Gasteiger partial charge is 0.409 e. The molecule has 0 aliphatic rings. The monoisotopic (exact) mass is 294 g/mol. The van der Waals surface area contributed by atoms with Crippen molar-refractivity contribution in [2.45, 2.75) is 6.54 Å². The van der Waals surface area contributed by atoms with Gasteiger partial charge < -0.3 is 16.3 Å². The van der Waals surface area contributed by atoms with Crippen LogP contribution in [0.25, 0.3) is 0 Å². The molecule has 1 aromatic heterocycles. The Balaban J connectivity index is 2.11. The zero-order valence-electron chi connectivity index (χ0n) is 10.3. The smallest absolute Gasteiger partial charge is 0.188 e. The van der Waals surface area contributed by atoms with Gasteiger partial charge in [0.2, 0.25) is 0 Å². The van der Waals surface area contributed by atoms with Gasteiger partial charge in [-0.3, -0.25) is 4.98 Å². The minimum Gasteiger partial charge on any atom is -0.409 e. The third-order valence-corrected chi connectivity index (χ3v) is 2.92. The third-order valence-electron chi connectivity index (χ3n) is 2.61. The highest BCUT2D eigenvalue weighted by Gasteiger charge is 2.04. The predicted octanol–water partition coefficient (Wildman–Crippen LogP) is 2.58. The average Bonchev–Trinajstić information content (AvgIpc) is 2.46. The summed E-state index contributed by atoms with van der Waals surface area (Å²) in [6.45, 7) is 0.444. The number of halogens is 2. The van der Waals surface area contributed by atoms with Gasteiger partial charge in [0.1, 0.15) is 11.5 Å². The zero-order valence-corrected chi connectivity index (χ0v) is 11.1. The summed E-state index contributed by atoms with van der Waals surface area (Å²) in [7, 11) is 0. The van der Waals surface area contributed by atoms with Crippen LogP contribution in [0, 0.1) is 5.82 Å². The van der Waals surface area contributed by atoms with Crippen LogP contribution in [0.2, 0.25) is 5.02 Å². The number of nitrogens with zero attached hydrogens (tertiary/aromatic N) is 2. The third kappa shape index (κ3) is 3.36. The minimum absolute atomic E-state index is 0.0633. The Hall–Kier alpha value is -2.34. The van der Waals surface area contributed by atoms with Crippen molar-refractivity contribution in [3.05, 3.63) is 58.6 Å². The maximum Gasteiger partial charge on any atom is 0.188 e. The van der Waals surface area contributed by atoms with E-state index in [9.17, 15) is 4.39 Å². The number of nitrogens with one attached hydrogen (secondary N) is 1. The SMILES string of the molecule is NC(=NO)c1cc(CNc2ccc(F)cc2Cl)ccn1. The molecule has 0 spiro atoms. The quantitative estimate of drug-likeness (QED) is 0.350. The molecule has 0 bridgehead atoms. The number of rotatable bonds is 4. The fourth-order valence-corrected chi connectivity index (χ4v) is 1.84. The molecular weight excluding hydrogens is 283 g/mol. The van der Waals surface area contributed by atoms with Gasteiger partial charge in [0, 0.05) is 12.7 Å². The van der Waals surface area contributed by atoms with Crippen molar-refractivity contribution in [2.24, 2.45) is 10.9 Å². The summed E-state index contributed by atoms with van der Waals surface area (Å²) in [4.78, 5) is 3.98. The molecule has 0 aliphatic carbocycles. The first-order chi connectivity index (χ1) is 9.60. The fraction of sp³-hybridized carbons (Fsp3) is 0.0769. The molecule has 1 heterocycles. The number of oxime groups is 1. The van der Waals surface area contributed by atoms with Crippen molar-refractivity contribution >= 4 is 23.1 Å². The van der Waals surface area contributed by atoms with Crippen LogP contribution in [0.15, 0.2) is 41.7 Å². The van der Waals surface area contributed by atoms with Crippen LogP contribution in [0.5, 0.6) is 0 Å². The van der Waals surface area contributed by atoms with Crippen molar-refractivity contribution in [3.63, 3.8) is 0 Å². The first-order valence-corrected chi connectivity index (χ1v) is 6.09. The van der Waals surface area contributed by atoms with Gasteiger partial charge in [0.05, 0.1) is 10.7 Å². The van der Waals surface area contributed by atoms with Gasteiger partial charge in [-0.05, 0) is 35.9 Å². The van der Waals surface area contributed by atoms with E-state index in [2.05, 4.69) is 15.5 Å². The van der Waals surface area contributed by atoms with Gasteiger partial charge >= 0.3 is 0 Å². The van der Waals surface area contributed by atoms with Crippen molar-refractivity contribution in [2.75, 3.05) is 5.32 Å². The van der Waals surface area contributed by atoms with Gasteiger partial charge in [0.25, 0.3) is 0 Å². The highest BCUT2D eigenvalue weighted by molar-refractivity contribution is 6.33. The molecule has 0 aliphatic heterocycles. The Morgan fingerprint density at radius 1 is 1.40 bits per heavy atom. The zero-order chi connectivity index (χ0) is 14.5. The molecular formula is C13H12ClFN4O. The molecule has 1 aromatic carbocycles. The van der Waals surface area contributed by atoms with E-state index >= 15 is 0 Å². The number of hydrogen-bond donors (Lipinski definition) is 3. The summed E-state index contributed by atoms with van der Waals surface area (Å²) in [6.07, 6.45) is 1.55. The molecule has 2 rings (SSSR count). The van der Waals surface area contributed by atoms with Crippen molar-refractivity contribution in [1.82, 2.24) is 4.98 Å². The molecule has 4 N–H and O–H groups in total. The summed E-state index contributed by atoms with van der Waals surface area (Å²) >= 11 is 5.91. The molecule has 7 heteroatoms. The summed E-state index contributed by atoms with van der Waals surface area (Å²) in [5.74, 6) is -0.453. The van der Waals surface area contributed by atoms with Crippen LogP contribution in [0.3, 0.4) is 0 Å². The van der Waals surface area contributed by atoms with Crippen LogP contribution in [-0.4, -0.2) is 16.0 Å². The van der Waals surface area contributed by atoms with Crippen LogP contribution < -0.4 is 11.1 Å². The molecule has 0 unspecified atom stereocenters. The van der Waals surface area contributed by atoms with Gasteiger partial charge in [-0.15, -0.1) is 0 Å². The molecule has 0 atom stereocenters. The van der Waals surface area contributed by atoms with E-state index in [1.54, 1.807) is 24.4 Å².